The predicted molar refractivity (Wildman–Crippen MR) is 74.7 cm³/mol. The lowest BCUT2D eigenvalue weighted by Gasteiger charge is -2.12. The molecule has 0 N–H and O–H groups in total. The zero-order valence-corrected chi connectivity index (χ0v) is 11.7. The first-order valence-corrected chi connectivity index (χ1v) is 6.21. The molecule has 0 aliphatic carbocycles. The van der Waals surface area contributed by atoms with Gasteiger partial charge in [0.25, 0.3) is 0 Å². The van der Waals surface area contributed by atoms with E-state index in [9.17, 15) is 5.26 Å². The average molecular weight is 273 g/mol. The first-order valence-electron chi connectivity index (χ1n) is 5.83. The van der Waals surface area contributed by atoms with Gasteiger partial charge in [0.2, 0.25) is 0 Å². The van der Waals surface area contributed by atoms with Crippen LogP contribution in [0.4, 0.5) is 0 Å². The lowest BCUT2D eigenvalue weighted by Crippen LogP contribution is -1.97. The maximum Gasteiger partial charge on any atom is 0.148 e. The summed E-state index contributed by atoms with van der Waals surface area (Å²) in [7, 11) is 0. The Kier molecular flexibility index (Phi) is 3.73. The Bertz CT molecular complexity index is 675. The molecule has 96 valence electrons. The van der Waals surface area contributed by atoms with E-state index in [4.69, 9.17) is 16.3 Å². The maximum atomic E-state index is 9.19. The normalized spacial score (nSPS) is 10.1. The van der Waals surface area contributed by atoms with Crippen LogP contribution in [0, 0.1) is 32.1 Å². The Labute approximate surface area is 117 Å². The predicted octanol–water partition coefficient (Wildman–Crippen LogP) is 4.32. The van der Waals surface area contributed by atoms with Crippen LogP contribution in [0.2, 0.25) is 5.02 Å². The largest absolute Gasteiger partial charge is 0.456 e. The van der Waals surface area contributed by atoms with E-state index in [0.717, 1.165) is 11.3 Å². The van der Waals surface area contributed by atoms with E-state index < -0.39 is 0 Å². The number of benzene rings is 1. The Morgan fingerprint density at radius 3 is 2.53 bits per heavy atom. The van der Waals surface area contributed by atoms with Gasteiger partial charge in [-0.2, -0.15) is 5.26 Å². The van der Waals surface area contributed by atoms with Crippen molar-refractivity contribution in [3.05, 3.63) is 51.8 Å². The van der Waals surface area contributed by atoms with Gasteiger partial charge in [-0.3, -0.25) is 4.98 Å². The highest BCUT2D eigenvalue weighted by molar-refractivity contribution is 6.30. The molecule has 0 unspecified atom stereocenters. The van der Waals surface area contributed by atoms with Crippen molar-refractivity contribution in [2.45, 2.75) is 20.8 Å². The molecular weight excluding hydrogens is 260 g/mol. The molecule has 0 radical (unpaired) electrons. The van der Waals surface area contributed by atoms with Crippen LogP contribution in [0.15, 0.2) is 24.3 Å². The van der Waals surface area contributed by atoms with Crippen LogP contribution in [-0.4, -0.2) is 4.98 Å². The quantitative estimate of drug-likeness (QED) is 0.818. The summed E-state index contributed by atoms with van der Waals surface area (Å²) in [5, 5.41) is 9.85. The Balaban J connectivity index is 2.46. The second-order valence-electron chi connectivity index (χ2n) is 4.35. The molecule has 0 bridgehead atoms. The third-order valence-corrected chi connectivity index (χ3v) is 3.00. The van der Waals surface area contributed by atoms with Crippen LogP contribution in [0.3, 0.4) is 0 Å². The van der Waals surface area contributed by atoms with Crippen molar-refractivity contribution in [2.24, 2.45) is 0 Å². The van der Waals surface area contributed by atoms with E-state index in [1.54, 1.807) is 25.1 Å². The number of hydrogen-bond donors (Lipinski definition) is 0. The van der Waals surface area contributed by atoms with E-state index in [1.165, 1.54) is 0 Å². The first-order chi connectivity index (χ1) is 9.01. The zero-order chi connectivity index (χ0) is 14.0. The molecule has 19 heavy (non-hydrogen) atoms. The number of nitriles is 1. The maximum absolute atomic E-state index is 9.19. The second-order valence-corrected chi connectivity index (χ2v) is 4.78. The van der Waals surface area contributed by atoms with Crippen molar-refractivity contribution in [3.8, 4) is 17.6 Å². The molecule has 1 aromatic carbocycles. The van der Waals surface area contributed by atoms with Gasteiger partial charge in [-0.1, -0.05) is 11.6 Å². The van der Waals surface area contributed by atoms with Crippen molar-refractivity contribution >= 4 is 11.6 Å². The van der Waals surface area contributed by atoms with Crippen molar-refractivity contribution in [1.29, 1.82) is 5.26 Å². The Morgan fingerprint density at radius 1 is 1.16 bits per heavy atom. The Hall–Kier alpha value is -2.05. The van der Waals surface area contributed by atoms with Gasteiger partial charge in [0.05, 0.1) is 5.69 Å². The molecule has 0 saturated heterocycles. The van der Waals surface area contributed by atoms with Gasteiger partial charge in [-0.05, 0) is 44.5 Å². The van der Waals surface area contributed by atoms with Crippen molar-refractivity contribution in [3.63, 3.8) is 0 Å². The number of ether oxygens (including phenoxy) is 1. The second kappa shape index (κ2) is 5.29. The molecule has 0 amide bonds. The number of halogens is 1. The van der Waals surface area contributed by atoms with Gasteiger partial charge < -0.3 is 4.74 Å². The van der Waals surface area contributed by atoms with Crippen molar-refractivity contribution in [2.75, 3.05) is 0 Å². The molecule has 0 aliphatic rings. The number of hydrogen-bond acceptors (Lipinski definition) is 3. The molecule has 1 heterocycles. The Morgan fingerprint density at radius 2 is 1.89 bits per heavy atom. The molecule has 0 fully saturated rings. The summed E-state index contributed by atoms with van der Waals surface area (Å²) in [5.41, 5.74) is 2.87. The third kappa shape index (κ3) is 2.86. The minimum Gasteiger partial charge on any atom is -0.456 e. The smallest absolute Gasteiger partial charge is 0.148 e. The zero-order valence-electron chi connectivity index (χ0n) is 11.0. The summed E-state index contributed by atoms with van der Waals surface area (Å²) in [5.74, 6) is 1.21. The molecule has 4 heteroatoms. The summed E-state index contributed by atoms with van der Waals surface area (Å²) in [6.07, 6.45) is 0. The minimum absolute atomic E-state index is 0.458. The highest BCUT2D eigenvalue weighted by Gasteiger charge is 2.11. The standard InChI is InChI=1S/C15H13ClN2O/c1-9-6-12(16)4-5-14(9)19-15-7-10(2)18-11(3)13(15)8-17/h4-7H,1-3H3. The first kappa shape index (κ1) is 13.4. The number of pyridine rings is 1. The van der Waals surface area contributed by atoms with Gasteiger partial charge in [0.15, 0.2) is 0 Å². The molecule has 2 aromatic rings. The fraction of sp³-hybridized carbons (Fsp3) is 0.200. The summed E-state index contributed by atoms with van der Waals surface area (Å²) < 4.78 is 5.83. The lowest BCUT2D eigenvalue weighted by atomic mass is 10.1. The topological polar surface area (TPSA) is 45.9 Å². The van der Waals surface area contributed by atoms with Crippen LogP contribution in [-0.2, 0) is 0 Å². The van der Waals surface area contributed by atoms with E-state index in [-0.39, 0.29) is 0 Å². The molecule has 0 atom stereocenters. The number of nitrogens with zero attached hydrogens (tertiary/aromatic N) is 2. The number of rotatable bonds is 2. The van der Waals surface area contributed by atoms with Gasteiger partial charge in [-0.25, -0.2) is 0 Å². The molecule has 0 aliphatic heterocycles. The van der Waals surface area contributed by atoms with E-state index >= 15 is 0 Å². The summed E-state index contributed by atoms with van der Waals surface area (Å²) >= 11 is 5.91. The molecule has 1 aromatic heterocycles. The average Bonchev–Trinajstić information content (AvgIpc) is 2.32. The van der Waals surface area contributed by atoms with Crippen LogP contribution in [0.25, 0.3) is 0 Å². The van der Waals surface area contributed by atoms with E-state index in [0.29, 0.717) is 27.8 Å². The van der Waals surface area contributed by atoms with Crippen molar-refractivity contribution in [1.82, 2.24) is 4.98 Å². The van der Waals surface area contributed by atoms with Crippen LogP contribution < -0.4 is 4.74 Å². The molecule has 0 spiro atoms. The number of aryl methyl sites for hydroxylation is 3. The van der Waals surface area contributed by atoms with Crippen molar-refractivity contribution < 1.29 is 4.74 Å². The summed E-state index contributed by atoms with van der Waals surface area (Å²) in [6, 6.07) is 9.27. The lowest BCUT2D eigenvalue weighted by molar-refractivity contribution is 0.475. The van der Waals surface area contributed by atoms with Crippen LogP contribution in [0.1, 0.15) is 22.5 Å². The van der Waals surface area contributed by atoms with Gasteiger partial charge in [-0.15, -0.1) is 0 Å². The van der Waals surface area contributed by atoms with Crippen LogP contribution in [0.5, 0.6) is 11.5 Å². The third-order valence-electron chi connectivity index (χ3n) is 2.76. The minimum atomic E-state index is 0.458. The van der Waals surface area contributed by atoms with Crippen LogP contribution >= 0.6 is 11.6 Å². The monoisotopic (exact) mass is 272 g/mol. The fourth-order valence-electron chi connectivity index (χ4n) is 1.86. The van der Waals surface area contributed by atoms with E-state index in [2.05, 4.69) is 11.1 Å². The van der Waals surface area contributed by atoms with Gasteiger partial charge >= 0.3 is 0 Å². The SMILES string of the molecule is Cc1cc(Oc2ccc(Cl)cc2C)c(C#N)c(C)n1. The number of aromatic nitrogens is 1. The van der Waals surface area contributed by atoms with E-state index in [1.807, 2.05) is 19.9 Å². The molecular formula is C15H13ClN2O. The van der Waals surface area contributed by atoms with Gasteiger partial charge in [0, 0.05) is 16.8 Å². The summed E-state index contributed by atoms with van der Waals surface area (Å²) in [6.45, 7) is 5.58. The highest BCUT2D eigenvalue weighted by Crippen LogP contribution is 2.30. The molecule has 3 nitrogen and oxygen atoms in total. The summed E-state index contributed by atoms with van der Waals surface area (Å²) in [4.78, 5) is 4.26. The highest BCUT2D eigenvalue weighted by atomic mass is 35.5. The fourth-order valence-corrected chi connectivity index (χ4v) is 2.08. The molecule has 0 saturated carbocycles. The molecule has 2 rings (SSSR count). The van der Waals surface area contributed by atoms with Gasteiger partial charge in [0.1, 0.15) is 23.1 Å².